The number of hydrogen-bond donors (Lipinski definition) is 1. The van der Waals surface area contributed by atoms with E-state index in [1.165, 1.54) is 13.4 Å². The Morgan fingerprint density at radius 3 is 2.54 bits per heavy atom. The summed E-state index contributed by atoms with van der Waals surface area (Å²) in [6, 6.07) is 4.20. The second-order valence-corrected chi connectivity index (χ2v) is 5.61. The molecule has 0 atom stereocenters. The van der Waals surface area contributed by atoms with Crippen LogP contribution in [0.4, 0.5) is 18.9 Å². The molecule has 1 N–H and O–H groups in total. The Kier molecular flexibility index (Phi) is 7.05. The average Bonchev–Trinajstić information content (AvgIpc) is 3.06. The molecular weight excluding hydrogens is 383 g/mol. The van der Waals surface area contributed by atoms with Gasteiger partial charge in [0, 0.05) is 12.7 Å². The van der Waals surface area contributed by atoms with Crippen LogP contribution in [0.15, 0.2) is 34.9 Å². The molecule has 0 spiro atoms. The van der Waals surface area contributed by atoms with E-state index >= 15 is 0 Å². The predicted octanol–water partition coefficient (Wildman–Crippen LogP) is 3.43. The Bertz CT molecular complexity index is 831. The van der Waals surface area contributed by atoms with E-state index in [1.54, 1.807) is 13.0 Å². The molecule has 0 radical (unpaired) electrons. The average molecular weight is 401 g/mol. The molecule has 7 nitrogen and oxygen atoms in total. The minimum Gasteiger partial charge on any atom is -0.489 e. The lowest BCUT2D eigenvalue weighted by molar-refractivity contribution is -0.137. The minimum absolute atomic E-state index is 0.0200. The Morgan fingerprint density at radius 1 is 1.18 bits per heavy atom. The molecule has 0 aliphatic heterocycles. The van der Waals surface area contributed by atoms with E-state index in [-0.39, 0.29) is 30.4 Å². The summed E-state index contributed by atoms with van der Waals surface area (Å²) < 4.78 is 58.7. The SMILES string of the molecule is COCCOc1ccc(C(F)(F)F)cc1NC(=O)COC(=O)c1occc1C. The molecule has 0 unspecified atom stereocenters. The van der Waals surface area contributed by atoms with E-state index in [1.807, 2.05) is 0 Å². The van der Waals surface area contributed by atoms with Crippen LogP contribution < -0.4 is 10.1 Å². The number of esters is 1. The van der Waals surface area contributed by atoms with Gasteiger partial charge in [-0.1, -0.05) is 0 Å². The summed E-state index contributed by atoms with van der Waals surface area (Å²) in [5, 5.41) is 2.25. The van der Waals surface area contributed by atoms with Gasteiger partial charge in [-0.3, -0.25) is 4.79 Å². The third-order valence-electron chi connectivity index (χ3n) is 3.51. The maximum atomic E-state index is 12.9. The number of benzene rings is 1. The van der Waals surface area contributed by atoms with Crippen LogP contribution in [0, 0.1) is 6.92 Å². The van der Waals surface area contributed by atoms with Gasteiger partial charge in [0.2, 0.25) is 5.76 Å². The number of alkyl halides is 3. The number of amides is 1. The fourth-order valence-corrected chi connectivity index (χ4v) is 2.13. The fraction of sp³-hybridized carbons (Fsp3) is 0.333. The molecule has 0 aliphatic rings. The van der Waals surface area contributed by atoms with Crippen molar-refractivity contribution in [2.24, 2.45) is 0 Å². The number of hydrogen-bond acceptors (Lipinski definition) is 6. The third kappa shape index (κ3) is 5.74. The van der Waals surface area contributed by atoms with E-state index in [4.69, 9.17) is 18.6 Å². The summed E-state index contributed by atoms with van der Waals surface area (Å²) >= 11 is 0. The monoisotopic (exact) mass is 401 g/mol. The molecule has 1 heterocycles. The van der Waals surface area contributed by atoms with Crippen molar-refractivity contribution in [3.8, 4) is 5.75 Å². The second kappa shape index (κ2) is 9.27. The predicted molar refractivity (Wildman–Crippen MR) is 91.2 cm³/mol. The van der Waals surface area contributed by atoms with Crippen LogP contribution in [0.25, 0.3) is 0 Å². The number of ether oxygens (including phenoxy) is 3. The molecule has 0 aliphatic carbocycles. The van der Waals surface area contributed by atoms with Gasteiger partial charge >= 0.3 is 12.1 Å². The molecule has 10 heteroatoms. The highest BCUT2D eigenvalue weighted by Gasteiger charge is 2.31. The largest absolute Gasteiger partial charge is 0.489 e. The first kappa shape index (κ1) is 21.3. The number of rotatable bonds is 8. The highest BCUT2D eigenvalue weighted by Crippen LogP contribution is 2.35. The van der Waals surface area contributed by atoms with Crippen LogP contribution in [0.1, 0.15) is 21.7 Å². The number of halogens is 3. The molecule has 0 saturated heterocycles. The zero-order valence-electron chi connectivity index (χ0n) is 15.1. The van der Waals surface area contributed by atoms with Crippen molar-refractivity contribution >= 4 is 17.6 Å². The van der Waals surface area contributed by atoms with Crippen molar-refractivity contribution < 1.29 is 41.4 Å². The van der Waals surface area contributed by atoms with Crippen molar-refractivity contribution in [3.05, 3.63) is 47.4 Å². The molecule has 1 amide bonds. The summed E-state index contributed by atoms with van der Waals surface area (Å²) in [6.07, 6.45) is -3.31. The number of furan rings is 1. The molecule has 1 aromatic heterocycles. The van der Waals surface area contributed by atoms with E-state index in [0.29, 0.717) is 5.56 Å². The van der Waals surface area contributed by atoms with Crippen molar-refractivity contribution in [1.29, 1.82) is 0 Å². The number of carbonyl (C=O) groups excluding carboxylic acids is 2. The molecule has 0 bridgehead atoms. The molecule has 1 aromatic carbocycles. The minimum atomic E-state index is -4.60. The van der Waals surface area contributed by atoms with Gasteiger partial charge in [-0.25, -0.2) is 4.79 Å². The highest BCUT2D eigenvalue weighted by molar-refractivity contribution is 5.96. The number of nitrogens with one attached hydrogen (secondary N) is 1. The van der Waals surface area contributed by atoms with E-state index < -0.39 is 30.2 Å². The molecule has 2 rings (SSSR count). The fourth-order valence-electron chi connectivity index (χ4n) is 2.13. The first-order chi connectivity index (χ1) is 13.2. The lowest BCUT2D eigenvalue weighted by Crippen LogP contribution is -2.22. The summed E-state index contributed by atoms with van der Waals surface area (Å²) in [6.45, 7) is 1.17. The summed E-state index contributed by atoms with van der Waals surface area (Å²) in [7, 11) is 1.44. The molecule has 0 fully saturated rings. The standard InChI is InChI=1S/C18H18F3NO6/c1-11-5-6-27-16(11)17(24)28-10-15(23)22-13-9-12(18(19,20)21)3-4-14(13)26-8-7-25-2/h3-6,9H,7-8,10H2,1-2H3,(H,22,23). The lowest BCUT2D eigenvalue weighted by atomic mass is 10.1. The summed E-state index contributed by atoms with van der Waals surface area (Å²) in [5.74, 6) is -1.74. The topological polar surface area (TPSA) is 87.0 Å². The van der Waals surface area contributed by atoms with Crippen molar-refractivity contribution in [1.82, 2.24) is 0 Å². The highest BCUT2D eigenvalue weighted by atomic mass is 19.4. The molecule has 152 valence electrons. The number of aryl methyl sites for hydroxylation is 1. The summed E-state index contributed by atoms with van der Waals surface area (Å²) in [5.41, 5.74) is -0.650. The van der Waals surface area contributed by atoms with Crippen molar-refractivity contribution in [2.45, 2.75) is 13.1 Å². The van der Waals surface area contributed by atoms with Gasteiger partial charge < -0.3 is 23.9 Å². The Morgan fingerprint density at radius 2 is 1.93 bits per heavy atom. The van der Waals surface area contributed by atoms with E-state index in [0.717, 1.165) is 18.2 Å². The molecular formula is C18H18F3NO6. The Balaban J connectivity index is 2.07. The third-order valence-corrected chi connectivity index (χ3v) is 3.51. The first-order valence-electron chi connectivity index (χ1n) is 8.06. The van der Waals surface area contributed by atoms with Crippen molar-refractivity contribution in [3.63, 3.8) is 0 Å². The Hall–Kier alpha value is -3.01. The van der Waals surface area contributed by atoms with Crippen LogP contribution in [-0.2, 0) is 20.4 Å². The van der Waals surface area contributed by atoms with Gasteiger partial charge in [-0.15, -0.1) is 0 Å². The van der Waals surface area contributed by atoms with Gasteiger partial charge in [0.25, 0.3) is 5.91 Å². The van der Waals surface area contributed by atoms with Crippen LogP contribution in [0.5, 0.6) is 5.75 Å². The molecule has 0 saturated carbocycles. The summed E-state index contributed by atoms with van der Waals surface area (Å²) in [4.78, 5) is 23.9. The second-order valence-electron chi connectivity index (χ2n) is 5.61. The first-order valence-corrected chi connectivity index (χ1v) is 8.06. The zero-order chi connectivity index (χ0) is 20.7. The van der Waals surface area contributed by atoms with Crippen LogP contribution in [0.3, 0.4) is 0 Å². The molecule has 28 heavy (non-hydrogen) atoms. The van der Waals surface area contributed by atoms with Crippen LogP contribution >= 0.6 is 0 Å². The quantitative estimate of drug-likeness (QED) is 0.539. The molecule has 2 aromatic rings. The maximum Gasteiger partial charge on any atom is 0.416 e. The lowest BCUT2D eigenvalue weighted by Gasteiger charge is -2.15. The van der Waals surface area contributed by atoms with E-state index in [2.05, 4.69) is 5.32 Å². The van der Waals surface area contributed by atoms with Crippen molar-refractivity contribution in [2.75, 3.05) is 32.2 Å². The zero-order valence-corrected chi connectivity index (χ0v) is 15.1. The smallest absolute Gasteiger partial charge is 0.416 e. The van der Waals surface area contributed by atoms with Gasteiger partial charge in [0.15, 0.2) is 6.61 Å². The maximum absolute atomic E-state index is 12.9. The van der Waals surface area contributed by atoms with E-state index in [9.17, 15) is 22.8 Å². The normalized spacial score (nSPS) is 11.2. The van der Waals surface area contributed by atoms with Gasteiger partial charge in [0.1, 0.15) is 12.4 Å². The van der Waals surface area contributed by atoms with Gasteiger partial charge in [-0.05, 0) is 31.2 Å². The van der Waals surface area contributed by atoms with Crippen LogP contribution in [0.2, 0.25) is 0 Å². The van der Waals surface area contributed by atoms with Gasteiger partial charge in [-0.2, -0.15) is 13.2 Å². The van der Waals surface area contributed by atoms with Gasteiger partial charge in [0.05, 0.1) is 24.1 Å². The number of methoxy groups -OCH3 is 1. The number of anilines is 1. The van der Waals surface area contributed by atoms with Crippen LogP contribution in [-0.4, -0.2) is 38.8 Å². The number of carbonyl (C=O) groups is 2. The Labute approximate surface area is 158 Å².